The van der Waals surface area contributed by atoms with Gasteiger partial charge in [-0.25, -0.2) is 0 Å². The first kappa shape index (κ1) is 17.4. The number of carbonyl (C=O) groups excluding carboxylic acids is 2. The van der Waals surface area contributed by atoms with Crippen molar-refractivity contribution in [1.82, 2.24) is 20.0 Å². The molecule has 25 heavy (non-hydrogen) atoms. The maximum Gasteiger partial charge on any atom is 0.271 e. The van der Waals surface area contributed by atoms with Crippen molar-refractivity contribution in [3.63, 3.8) is 0 Å². The number of nitrogens with one attached hydrogen (secondary N) is 1. The molecule has 1 aliphatic heterocycles. The predicted octanol–water partition coefficient (Wildman–Crippen LogP) is 1.36. The number of aliphatic hydroxyl groups is 1. The standard InChI is InChI=1S/C17H19ClN4O3/c1-11(23)21-6-7-22-12(10-21)8-15(20-22)17(25)19-9-16(24)13-4-2-3-5-14(13)18/h2-5,8,16,24H,6-7,9-10H2,1H3,(H,19,25)/t16-/m0/s1. The van der Waals surface area contributed by atoms with E-state index in [2.05, 4.69) is 10.4 Å². The van der Waals surface area contributed by atoms with Gasteiger partial charge in [-0.3, -0.25) is 14.3 Å². The number of halogens is 1. The van der Waals surface area contributed by atoms with Gasteiger partial charge in [-0.05, 0) is 12.1 Å². The van der Waals surface area contributed by atoms with Crippen molar-refractivity contribution in [3.05, 3.63) is 52.3 Å². The van der Waals surface area contributed by atoms with Crippen LogP contribution < -0.4 is 5.32 Å². The molecule has 0 spiro atoms. The monoisotopic (exact) mass is 362 g/mol. The zero-order valence-electron chi connectivity index (χ0n) is 13.8. The molecule has 1 atom stereocenters. The molecule has 7 nitrogen and oxygen atoms in total. The summed E-state index contributed by atoms with van der Waals surface area (Å²) in [6, 6.07) is 8.62. The van der Waals surface area contributed by atoms with Gasteiger partial charge in [0.05, 0.1) is 24.9 Å². The van der Waals surface area contributed by atoms with Gasteiger partial charge in [-0.15, -0.1) is 0 Å². The predicted molar refractivity (Wildman–Crippen MR) is 92.1 cm³/mol. The van der Waals surface area contributed by atoms with Gasteiger partial charge in [-0.1, -0.05) is 29.8 Å². The second-order valence-corrected chi connectivity index (χ2v) is 6.34. The lowest BCUT2D eigenvalue weighted by Gasteiger charge is -2.26. The van der Waals surface area contributed by atoms with Crippen LogP contribution >= 0.6 is 11.6 Å². The van der Waals surface area contributed by atoms with Crippen LogP contribution in [-0.4, -0.2) is 44.7 Å². The van der Waals surface area contributed by atoms with E-state index in [1.165, 1.54) is 6.92 Å². The third kappa shape index (κ3) is 3.83. The lowest BCUT2D eigenvalue weighted by molar-refractivity contribution is -0.130. The highest BCUT2D eigenvalue weighted by Crippen LogP contribution is 2.22. The number of fused-ring (bicyclic) bond motifs is 1. The molecule has 2 N–H and O–H groups in total. The Labute approximate surface area is 150 Å². The molecular weight excluding hydrogens is 344 g/mol. The number of aliphatic hydroxyl groups excluding tert-OH is 1. The van der Waals surface area contributed by atoms with E-state index in [0.717, 1.165) is 5.69 Å². The summed E-state index contributed by atoms with van der Waals surface area (Å²) in [5.74, 6) is -0.372. The van der Waals surface area contributed by atoms with E-state index in [9.17, 15) is 14.7 Å². The average Bonchev–Trinajstić information content (AvgIpc) is 3.03. The molecule has 8 heteroatoms. The summed E-state index contributed by atoms with van der Waals surface area (Å²) in [5.41, 5.74) is 1.65. The Bertz CT molecular complexity index is 805. The number of rotatable bonds is 4. The lowest BCUT2D eigenvalue weighted by atomic mass is 10.1. The van der Waals surface area contributed by atoms with Crippen LogP contribution in [0.3, 0.4) is 0 Å². The molecule has 1 aliphatic rings. The number of nitrogens with zero attached hydrogens (tertiary/aromatic N) is 3. The maximum absolute atomic E-state index is 12.3. The molecule has 3 rings (SSSR count). The van der Waals surface area contributed by atoms with Gasteiger partial charge in [0.1, 0.15) is 0 Å². The summed E-state index contributed by atoms with van der Waals surface area (Å²) < 4.78 is 1.73. The Morgan fingerprint density at radius 1 is 1.36 bits per heavy atom. The van der Waals surface area contributed by atoms with Crippen LogP contribution in [0.5, 0.6) is 0 Å². The normalized spacial score (nSPS) is 14.8. The summed E-state index contributed by atoms with van der Waals surface area (Å²) in [7, 11) is 0. The molecule has 2 aromatic rings. The molecule has 0 unspecified atom stereocenters. The molecule has 0 saturated heterocycles. The summed E-state index contributed by atoms with van der Waals surface area (Å²) in [5, 5.41) is 17.6. The van der Waals surface area contributed by atoms with Gasteiger partial charge < -0.3 is 15.3 Å². The number of carbonyl (C=O) groups is 2. The molecule has 0 bridgehead atoms. The fourth-order valence-electron chi connectivity index (χ4n) is 2.78. The number of hydrogen-bond donors (Lipinski definition) is 2. The van der Waals surface area contributed by atoms with E-state index < -0.39 is 6.10 Å². The summed E-state index contributed by atoms with van der Waals surface area (Å²) >= 11 is 6.04. The maximum atomic E-state index is 12.3. The van der Waals surface area contributed by atoms with Gasteiger partial charge in [0.2, 0.25) is 5.91 Å². The third-order valence-electron chi connectivity index (χ3n) is 4.20. The minimum atomic E-state index is -0.900. The van der Waals surface area contributed by atoms with Gasteiger partial charge in [-0.2, -0.15) is 5.10 Å². The van der Waals surface area contributed by atoms with Crippen LogP contribution in [0.25, 0.3) is 0 Å². The van der Waals surface area contributed by atoms with E-state index in [-0.39, 0.29) is 24.1 Å². The fourth-order valence-corrected chi connectivity index (χ4v) is 3.04. The Balaban J connectivity index is 1.63. The van der Waals surface area contributed by atoms with Crippen LogP contribution in [0.4, 0.5) is 0 Å². The van der Waals surface area contributed by atoms with Crippen LogP contribution in [0.1, 0.15) is 34.8 Å². The Morgan fingerprint density at radius 2 is 2.12 bits per heavy atom. The van der Waals surface area contributed by atoms with Crippen LogP contribution in [0.15, 0.2) is 30.3 Å². The summed E-state index contributed by atoms with van der Waals surface area (Å²) in [6.07, 6.45) is -0.900. The van der Waals surface area contributed by atoms with E-state index in [0.29, 0.717) is 30.2 Å². The fraction of sp³-hybridized carbons (Fsp3) is 0.353. The highest BCUT2D eigenvalue weighted by Gasteiger charge is 2.22. The first-order valence-electron chi connectivity index (χ1n) is 7.98. The minimum absolute atomic E-state index is 0.00122. The largest absolute Gasteiger partial charge is 0.387 e. The zero-order valence-corrected chi connectivity index (χ0v) is 14.5. The lowest BCUT2D eigenvalue weighted by Crippen LogP contribution is -2.36. The molecule has 1 aromatic heterocycles. The molecule has 0 aliphatic carbocycles. The van der Waals surface area contributed by atoms with Crippen LogP contribution in [0.2, 0.25) is 5.02 Å². The molecular formula is C17H19ClN4O3. The van der Waals surface area contributed by atoms with Gasteiger partial charge in [0.15, 0.2) is 5.69 Å². The third-order valence-corrected chi connectivity index (χ3v) is 4.54. The van der Waals surface area contributed by atoms with Crippen molar-refractivity contribution in [2.45, 2.75) is 26.1 Å². The highest BCUT2D eigenvalue weighted by molar-refractivity contribution is 6.31. The average molecular weight is 363 g/mol. The number of aromatic nitrogens is 2. The molecule has 0 radical (unpaired) electrons. The summed E-state index contributed by atoms with van der Waals surface area (Å²) in [6.45, 7) is 3.14. The van der Waals surface area contributed by atoms with E-state index in [1.807, 2.05) is 0 Å². The smallest absolute Gasteiger partial charge is 0.271 e. The first-order valence-corrected chi connectivity index (χ1v) is 8.36. The highest BCUT2D eigenvalue weighted by atomic mass is 35.5. The van der Waals surface area contributed by atoms with Crippen molar-refractivity contribution in [3.8, 4) is 0 Å². The molecule has 132 valence electrons. The zero-order chi connectivity index (χ0) is 18.0. The van der Waals surface area contributed by atoms with Gasteiger partial charge >= 0.3 is 0 Å². The van der Waals surface area contributed by atoms with E-state index in [1.54, 1.807) is 39.9 Å². The van der Waals surface area contributed by atoms with Crippen LogP contribution in [0, 0.1) is 0 Å². The van der Waals surface area contributed by atoms with Gasteiger partial charge in [0, 0.05) is 30.6 Å². The van der Waals surface area contributed by atoms with Crippen molar-refractivity contribution in [2.75, 3.05) is 13.1 Å². The number of amides is 2. The number of hydrogen-bond acceptors (Lipinski definition) is 4. The van der Waals surface area contributed by atoms with Crippen molar-refractivity contribution >= 4 is 23.4 Å². The topological polar surface area (TPSA) is 87.5 Å². The quantitative estimate of drug-likeness (QED) is 0.859. The minimum Gasteiger partial charge on any atom is -0.387 e. The molecule has 2 amide bonds. The second-order valence-electron chi connectivity index (χ2n) is 5.93. The van der Waals surface area contributed by atoms with Crippen LogP contribution in [-0.2, 0) is 17.9 Å². The van der Waals surface area contributed by atoms with E-state index >= 15 is 0 Å². The molecule has 0 saturated carbocycles. The first-order chi connectivity index (χ1) is 12.0. The Morgan fingerprint density at radius 3 is 2.84 bits per heavy atom. The number of benzene rings is 1. The molecule has 1 aromatic carbocycles. The van der Waals surface area contributed by atoms with Gasteiger partial charge in [0.25, 0.3) is 5.91 Å². The van der Waals surface area contributed by atoms with Crippen molar-refractivity contribution < 1.29 is 14.7 Å². The molecule has 2 heterocycles. The Hall–Kier alpha value is -2.38. The Kier molecular flexibility index (Phi) is 5.06. The van der Waals surface area contributed by atoms with E-state index in [4.69, 9.17) is 11.6 Å². The van der Waals surface area contributed by atoms with Crippen molar-refractivity contribution in [2.24, 2.45) is 0 Å². The van der Waals surface area contributed by atoms with Crippen molar-refractivity contribution in [1.29, 1.82) is 0 Å². The molecule has 0 fully saturated rings. The SMILES string of the molecule is CC(=O)N1CCn2nc(C(=O)NC[C@H](O)c3ccccc3Cl)cc2C1. The summed E-state index contributed by atoms with van der Waals surface area (Å²) in [4.78, 5) is 25.5. The second kappa shape index (κ2) is 7.25.